The van der Waals surface area contributed by atoms with Crippen molar-refractivity contribution in [1.29, 1.82) is 0 Å². The molecule has 2 heterocycles. The van der Waals surface area contributed by atoms with Crippen molar-refractivity contribution in [3.63, 3.8) is 0 Å². The van der Waals surface area contributed by atoms with Crippen molar-refractivity contribution in [2.24, 2.45) is 0 Å². The van der Waals surface area contributed by atoms with E-state index in [0.717, 1.165) is 29.2 Å². The minimum Gasteiger partial charge on any atom is -0.453 e. The van der Waals surface area contributed by atoms with Crippen molar-refractivity contribution in [2.75, 3.05) is 6.54 Å². The smallest absolute Gasteiger partial charge is 0.197 e. The van der Waals surface area contributed by atoms with Gasteiger partial charge in [0.1, 0.15) is 0 Å². The Kier molecular flexibility index (Phi) is 4.43. The summed E-state index contributed by atoms with van der Waals surface area (Å²) < 4.78 is 5.17. The lowest BCUT2D eigenvalue weighted by atomic mass is 10.1. The van der Waals surface area contributed by atoms with Crippen molar-refractivity contribution >= 4 is 22.9 Å². The van der Waals surface area contributed by atoms with Gasteiger partial charge in [-0.1, -0.05) is 6.92 Å². The molecule has 18 heavy (non-hydrogen) atoms. The third kappa shape index (κ3) is 2.94. The SMILES string of the molecule is CCNC(Cc1nc(C)c(C)s1)c1ccoc1Cl. The lowest BCUT2D eigenvalue weighted by Gasteiger charge is -2.15. The van der Waals surface area contributed by atoms with Gasteiger partial charge in [-0.25, -0.2) is 4.98 Å². The Morgan fingerprint density at radius 2 is 2.28 bits per heavy atom. The van der Waals surface area contributed by atoms with E-state index in [-0.39, 0.29) is 6.04 Å². The Hall–Kier alpha value is -0.840. The average Bonchev–Trinajstić information content (AvgIpc) is 2.86. The summed E-state index contributed by atoms with van der Waals surface area (Å²) in [5.74, 6) is 0. The lowest BCUT2D eigenvalue weighted by Crippen LogP contribution is -2.22. The predicted molar refractivity (Wildman–Crippen MR) is 75.4 cm³/mol. The second-order valence-electron chi connectivity index (χ2n) is 4.21. The molecule has 1 atom stereocenters. The number of thiazole rings is 1. The van der Waals surface area contributed by atoms with Crippen molar-refractivity contribution in [3.05, 3.63) is 38.7 Å². The van der Waals surface area contributed by atoms with Crippen LogP contribution in [0.4, 0.5) is 0 Å². The molecule has 1 unspecified atom stereocenters. The number of aryl methyl sites for hydroxylation is 2. The number of aromatic nitrogens is 1. The van der Waals surface area contributed by atoms with Gasteiger partial charge in [-0.2, -0.15) is 0 Å². The van der Waals surface area contributed by atoms with E-state index in [0.29, 0.717) is 5.22 Å². The molecule has 0 aromatic carbocycles. The van der Waals surface area contributed by atoms with Gasteiger partial charge in [0.2, 0.25) is 0 Å². The standard InChI is InChI=1S/C13H17ClN2OS/c1-4-15-11(10-5-6-17-13(10)14)7-12-16-8(2)9(3)18-12/h5-6,11,15H,4,7H2,1-3H3. The second-order valence-corrected chi connectivity index (χ2v) is 5.84. The summed E-state index contributed by atoms with van der Waals surface area (Å²) in [6.45, 7) is 7.11. The molecule has 98 valence electrons. The summed E-state index contributed by atoms with van der Waals surface area (Å²) in [7, 11) is 0. The quantitative estimate of drug-likeness (QED) is 0.905. The molecule has 5 heteroatoms. The molecule has 3 nitrogen and oxygen atoms in total. The molecule has 0 radical (unpaired) electrons. The number of rotatable bonds is 5. The lowest BCUT2D eigenvalue weighted by molar-refractivity contribution is 0.525. The molecule has 2 rings (SSSR count). The molecule has 0 aliphatic carbocycles. The monoisotopic (exact) mass is 284 g/mol. The first kappa shape index (κ1) is 13.6. The molecule has 0 aliphatic heterocycles. The average molecular weight is 285 g/mol. The van der Waals surface area contributed by atoms with Gasteiger partial charge in [0.15, 0.2) is 5.22 Å². The zero-order valence-corrected chi connectivity index (χ0v) is 12.4. The van der Waals surface area contributed by atoms with Gasteiger partial charge >= 0.3 is 0 Å². The highest BCUT2D eigenvalue weighted by molar-refractivity contribution is 7.11. The third-order valence-electron chi connectivity index (χ3n) is 2.92. The Balaban J connectivity index is 2.19. The Bertz CT molecular complexity index is 501. The van der Waals surface area contributed by atoms with E-state index in [1.807, 2.05) is 13.0 Å². The minimum absolute atomic E-state index is 0.159. The predicted octanol–water partition coefficient (Wildman–Crippen LogP) is 3.90. The number of hydrogen-bond donors (Lipinski definition) is 1. The Morgan fingerprint density at radius 1 is 1.50 bits per heavy atom. The number of furan rings is 1. The minimum atomic E-state index is 0.159. The maximum absolute atomic E-state index is 6.05. The van der Waals surface area contributed by atoms with Crippen LogP contribution in [-0.4, -0.2) is 11.5 Å². The van der Waals surface area contributed by atoms with Gasteiger partial charge in [-0.3, -0.25) is 0 Å². The van der Waals surface area contributed by atoms with E-state index >= 15 is 0 Å². The van der Waals surface area contributed by atoms with Gasteiger partial charge < -0.3 is 9.73 Å². The molecule has 0 spiro atoms. The molecular weight excluding hydrogens is 268 g/mol. The summed E-state index contributed by atoms with van der Waals surface area (Å²) in [4.78, 5) is 5.85. The van der Waals surface area contributed by atoms with Gasteiger partial charge in [-0.15, -0.1) is 11.3 Å². The molecule has 0 aliphatic rings. The Labute approximate surface area is 116 Å². The van der Waals surface area contributed by atoms with Crippen molar-refractivity contribution in [3.8, 4) is 0 Å². The molecule has 2 aromatic heterocycles. The van der Waals surface area contributed by atoms with Gasteiger partial charge in [-0.05, 0) is 38.1 Å². The van der Waals surface area contributed by atoms with Crippen LogP contribution < -0.4 is 5.32 Å². The number of halogens is 1. The summed E-state index contributed by atoms with van der Waals surface area (Å²) in [5.41, 5.74) is 2.12. The highest BCUT2D eigenvalue weighted by Gasteiger charge is 2.18. The highest BCUT2D eigenvalue weighted by atomic mass is 35.5. The second kappa shape index (κ2) is 5.87. The zero-order valence-electron chi connectivity index (χ0n) is 10.8. The van der Waals surface area contributed by atoms with E-state index in [1.165, 1.54) is 4.88 Å². The van der Waals surface area contributed by atoms with E-state index < -0.39 is 0 Å². The fourth-order valence-electron chi connectivity index (χ4n) is 1.89. The van der Waals surface area contributed by atoms with E-state index in [9.17, 15) is 0 Å². The van der Waals surface area contributed by atoms with Crippen LogP contribution in [0.5, 0.6) is 0 Å². The maximum Gasteiger partial charge on any atom is 0.197 e. The van der Waals surface area contributed by atoms with E-state index in [2.05, 4.69) is 24.1 Å². The third-order valence-corrected chi connectivity index (χ3v) is 4.33. The summed E-state index contributed by atoms with van der Waals surface area (Å²) >= 11 is 7.80. The van der Waals surface area contributed by atoms with Crippen molar-refractivity contribution < 1.29 is 4.42 Å². The first-order chi connectivity index (χ1) is 8.61. The van der Waals surface area contributed by atoms with Crippen LogP contribution in [-0.2, 0) is 6.42 Å². The van der Waals surface area contributed by atoms with Crippen LogP contribution in [0.3, 0.4) is 0 Å². The molecular formula is C13H17ClN2OS. The Morgan fingerprint density at radius 3 is 2.78 bits per heavy atom. The fourth-order valence-corrected chi connectivity index (χ4v) is 3.12. The van der Waals surface area contributed by atoms with E-state index in [4.69, 9.17) is 16.0 Å². The largest absolute Gasteiger partial charge is 0.453 e. The normalized spacial score (nSPS) is 12.9. The van der Waals surface area contributed by atoms with Gasteiger partial charge in [0.25, 0.3) is 0 Å². The van der Waals surface area contributed by atoms with Crippen LogP contribution in [0, 0.1) is 13.8 Å². The van der Waals surface area contributed by atoms with Crippen LogP contribution in [0.15, 0.2) is 16.7 Å². The molecule has 0 saturated carbocycles. The maximum atomic E-state index is 6.05. The molecule has 0 amide bonds. The van der Waals surface area contributed by atoms with Crippen molar-refractivity contribution in [2.45, 2.75) is 33.2 Å². The van der Waals surface area contributed by atoms with E-state index in [1.54, 1.807) is 17.6 Å². The number of nitrogens with zero attached hydrogens (tertiary/aromatic N) is 1. The van der Waals surface area contributed by atoms with Crippen LogP contribution in [0.25, 0.3) is 0 Å². The summed E-state index contributed by atoms with van der Waals surface area (Å²) in [6, 6.07) is 2.08. The molecule has 0 bridgehead atoms. The molecule has 0 fully saturated rings. The first-order valence-corrected chi connectivity index (χ1v) is 7.20. The molecule has 1 N–H and O–H groups in total. The zero-order chi connectivity index (χ0) is 13.1. The van der Waals surface area contributed by atoms with Gasteiger partial charge in [0, 0.05) is 22.9 Å². The van der Waals surface area contributed by atoms with Gasteiger partial charge in [0.05, 0.1) is 17.0 Å². The molecule has 2 aromatic rings. The number of nitrogens with one attached hydrogen (secondary N) is 1. The number of hydrogen-bond acceptors (Lipinski definition) is 4. The first-order valence-electron chi connectivity index (χ1n) is 6.01. The summed E-state index contributed by atoms with van der Waals surface area (Å²) in [5, 5.41) is 5.02. The van der Waals surface area contributed by atoms with Crippen molar-refractivity contribution in [1.82, 2.24) is 10.3 Å². The topological polar surface area (TPSA) is 38.1 Å². The summed E-state index contributed by atoms with van der Waals surface area (Å²) in [6.07, 6.45) is 2.47. The van der Waals surface area contributed by atoms with Crippen LogP contribution in [0.2, 0.25) is 5.22 Å². The molecule has 0 saturated heterocycles. The van der Waals surface area contributed by atoms with Crippen LogP contribution in [0.1, 0.15) is 34.1 Å². The highest BCUT2D eigenvalue weighted by Crippen LogP contribution is 2.28. The fraction of sp³-hybridized carbons (Fsp3) is 0.462. The number of likely N-dealkylation sites (N-methyl/N-ethyl adjacent to an activating group) is 1. The van der Waals surface area contributed by atoms with Crippen LogP contribution >= 0.6 is 22.9 Å².